The van der Waals surface area contributed by atoms with Crippen molar-refractivity contribution in [2.75, 3.05) is 11.4 Å². The third-order valence-electron chi connectivity index (χ3n) is 4.09. The molecule has 0 radical (unpaired) electrons. The molecule has 1 aliphatic rings. The predicted octanol–water partition coefficient (Wildman–Crippen LogP) is 3.93. The van der Waals surface area contributed by atoms with Crippen LogP contribution in [-0.2, 0) is 6.42 Å². The number of amides is 1. The summed E-state index contributed by atoms with van der Waals surface area (Å²) in [5, 5.41) is 0. The Bertz CT molecular complexity index is 839. The number of oxazole rings is 1. The zero-order chi connectivity index (χ0) is 15.6. The van der Waals surface area contributed by atoms with Crippen molar-refractivity contribution < 1.29 is 9.21 Å². The lowest BCUT2D eigenvalue weighted by atomic mass is 10.0. The third kappa shape index (κ3) is 2.52. The largest absolute Gasteiger partial charge is 0.431 e. The average Bonchev–Trinajstić information content (AvgIpc) is 3.11. The van der Waals surface area contributed by atoms with Gasteiger partial charge in [0.25, 0.3) is 5.91 Å². The first kappa shape index (κ1) is 13.8. The van der Waals surface area contributed by atoms with E-state index in [-0.39, 0.29) is 11.7 Å². The highest BCUT2D eigenvalue weighted by Gasteiger charge is 2.26. The second-order valence-electron chi connectivity index (χ2n) is 5.58. The summed E-state index contributed by atoms with van der Waals surface area (Å²) in [7, 11) is 0. The quantitative estimate of drug-likeness (QED) is 0.720. The van der Waals surface area contributed by atoms with E-state index in [0.29, 0.717) is 12.4 Å². The minimum Gasteiger partial charge on any atom is -0.431 e. The number of fused-ring (bicyclic) bond motifs is 1. The van der Waals surface area contributed by atoms with Crippen LogP contribution in [0.1, 0.15) is 22.5 Å². The Balaban J connectivity index is 1.65. The topological polar surface area (TPSA) is 46.3 Å². The highest BCUT2D eigenvalue weighted by molar-refractivity contribution is 6.04. The van der Waals surface area contributed by atoms with Crippen LogP contribution in [-0.4, -0.2) is 17.4 Å². The fourth-order valence-electron chi connectivity index (χ4n) is 2.96. The van der Waals surface area contributed by atoms with E-state index in [1.165, 1.54) is 11.8 Å². The van der Waals surface area contributed by atoms with Gasteiger partial charge in [-0.15, -0.1) is 0 Å². The maximum absolute atomic E-state index is 12.8. The molecule has 0 aliphatic carbocycles. The number of rotatable bonds is 2. The number of hydrogen-bond donors (Lipinski definition) is 0. The lowest BCUT2D eigenvalue weighted by molar-refractivity contribution is 0.0959. The number of benzene rings is 2. The van der Waals surface area contributed by atoms with Crippen LogP contribution < -0.4 is 4.90 Å². The minimum absolute atomic E-state index is 0.133. The molecule has 114 valence electrons. The molecule has 0 spiro atoms. The molecule has 1 aromatic heterocycles. The van der Waals surface area contributed by atoms with Crippen molar-refractivity contribution in [2.45, 2.75) is 12.8 Å². The van der Waals surface area contributed by atoms with Crippen LogP contribution in [0.25, 0.3) is 11.5 Å². The van der Waals surface area contributed by atoms with E-state index >= 15 is 0 Å². The zero-order valence-corrected chi connectivity index (χ0v) is 12.6. The molecular weight excluding hydrogens is 288 g/mol. The van der Waals surface area contributed by atoms with Crippen LogP contribution in [0.2, 0.25) is 0 Å². The summed E-state index contributed by atoms with van der Waals surface area (Å²) >= 11 is 0. The highest BCUT2D eigenvalue weighted by atomic mass is 16.4. The summed E-state index contributed by atoms with van der Waals surface area (Å²) in [6.45, 7) is 0.706. The van der Waals surface area contributed by atoms with Gasteiger partial charge in [0.2, 0.25) is 11.7 Å². The molecular formula is C19H16N2O2. The van der Waals surface area contributed by atoms with Crippen molar-refractivity contribution in [3.8, 4) is 11.5 Å². The number of aromatic nitrogens is 1. The molecule has 2 aromatic carbocycles. The number of para-hydroxylation sites is 1. The zero-order valence-electron chi connectivity index (χ0n) is 12.6. The fraction of sp³-hybridized carbons (Fsp3) is 0.158. The molecule has 2 heterocycles. The van der Waals surface area contributed by atoms with E-state index in [9.17, 15) is 4.79 Å². The third-order valence-corrected chi connectivity index (χ3v) is 4.09. The second kappa shape index (κ2) is 5.72. The van der Waals surface area contributed by atoms with E-state index in [1.54, 1.807) is 4.90 Å². The average molecular weight is 304 g/mol. The van der Waals surface area contributed by atoms with Gasteiger partial charge in [0.1, 0.15) is 0 Å². The molecule has 0 saturated carbocycles. The minimum atomic E-state index is -0.133. The first-order chi connectivity index (χ1) is 11.3. The monoisotopic (exact) mass is 304 g/mol. The van der Waals surface area contributed by atoms with Crippen molar-refractivity contribution >= 4 is 11.6 Å². The van der Waals surface area contributed by atoms with E-state index in [4.69, 9.17) is 4.42 Å². The molecule has 0 atom stereocenters. The number of carbonyl (C=O) groups is 1. The fourth-order valence-corrected chi connectivity index (χ4v) is 2.96. The summed E-state index contributed by atoms with van der Waals surface area (Å²) in [6, 6.07) is 17.6. The van der Waals surface area contributed by atoms with Crippen molar-refractivity contribution in [1.29, 1.82) is 0 Å². The van der Waals surface area contributed by atoms with Gasteiger partial charge in [-0.1, -0.05) is 36.4 Å². The van der Waals surface area contributed by atoms with Gasteiger partial charge in [0.15, 0.2) is 0 Å². The number of nitrogens with zero attached hydrogens (tertiary/aromatic N) is 2. The smallest absolute Gasteiger partial charge is 0.295 e. The standard InChI is InChI=1S/C19H16N2O2/c22-19(21-12-6-10-14-7-4-5-11-16(14)21)17-13-20-18(23-17)15-8-2-1-3-9-15/h1-5,7-9,11,13H,6,10,12H2. The maximum Gasteiger partial charge on any atom is 0.295 e. The molecule has 4 rings (SSSR count). The van der Waals surface area contributed by atoms with Gasteiger partial charge < -0.3 is 9.32 Å². The molecule has 23 heavy (non-hydrogen) atoms. The van der Waals surface area contributed by atoms with Gasteiger partial charge in [0.05, 0.1) is 6.20 Å². The van der Waals surface area contributed by atoms with Crippen molar-refractivity contribution in [3.63, 3.8) is 0 Å². The van der Waals surface area contributed by atoms with Crippen LogP contribution in [0.15, 0.2) is 65.2 Å². The molecule has 0 unspecified atom stereocenters. The number of carbonyl (C=O) groups excluding carboxylic acids is 1. The van der Waals surface area contributed by atoms with Gasteiger partial charge in [-0.25, -0.2) is 4.98 Å². The molecule has 1 amide bonds. The van der Waals surface area contributed by atoms with Crippen LogP contribution in [0, 0.1) is 0 Å². The van der Waals surface area contributed by atoms with E-state index in [0.717, 1.165) is 24.1 Å². The van der Waals surface area contributed by atoms with Gasteiger partial charge >= 0.3 is 0 Å². The van der Waals surface area contributed by atoms with Crippen LogP contribution in [0.5, 0.6) is 0 Å². The summed E-state index contributed by atoms with van der Waals surface area (Å²) < 4.78 is 5.70. The number of aryl methyl sites for hydroxylation is 1. The molecule has 4 heteroatoms. The molecule has 3 aromatic rings. The summed E-state index contributed by atoms with van der Waals surface area (Å²) in [5.41, 5.74) is 3.04. The maximum atomic E-state index is 12.8. The first-order valence-electron chi connectivity index (χ1n) is 7.74. The van der Waals surface area contributed by atoms with E-state index in [2.05, 4.69) is 11.1 Å². The summed E-state index contributed by atoms with van der Waals surface area (Å²) in [4.78, 5) is 18.8. The lowest BCUT2D eigenvalue weighted by Gasteiger charge is -2.28. The predicted molar refractivity (Wildman–Crippen MR) is 88.4 cm³/mol. The van der Waals surface area contributed by atoms with Gasteiger partial charge in [-0.05, 0) is 36.6 Å². The van der Waals surface area contributed by atoms with Gasteiger partial charge in [0, 0.05) is 17.8 Å². The van der Waals surface area contributed by atoms with E-state index < -0.39 is 0 Å². The molecule has 0 bridgehead atoms. The molecule has 0 N–H and O–H groups in total. The van der Waals surface area contributed by atoms with Crippen LogP contribution >= 0.6 is 0 Å². The summed E-state index contributed by atoms with van der Waals surface area (Å²) in [5.74, 6) is 0.617. The highest BCUT2D eigenvalue weighted by Crippen LogP contribution is 2.29. The molecule has 0 fully saturated rings. The Morgan fingerprint density at radius 1 is 1.04 bits per heavy atom. The van der Waals surface area contributed by atoms with Crippen molar-refractivity contribution in [3.05, 3.63) is 72.1 Å². The lowest BCUT2D eigenvalue weighted by Crippen LogP contribution is -2.35. The molecule has 0 saturated heterocycles. The summed E-state index contributed by atoms with van der Waals surface area (Å²) in [6.07, 6.45) is 3.48. The van der Waals surface area contributed by atoms with Gasteiger partial charge in [-0.3, -0.25) is 4.79 Å². The Morgan fingerprint density at radius 2 is 1.83 bits per heavy atom. The van der Waals surface area contributed by atoms with Crippen LogP contribution in [0.4, 0.5) is 5.69 Å². The van der Waals surface area contributed by atoms with Crippen LogP contribution in [0.3, 0.4) is 0 Å². The molecule has 1 aliphatic heterocycles. The van der Waals surface area contributed by atoms with Crippen molar-refractivity contribution in [2.24, 2.45) is 0 Å². The van der Waals surface area contributed by atoms with E-state index in [1.807, 2.05) is 48.5 Å². The Morgan fingerprint density at radius 3 is 2.70 bits per heavy atom. The number of hydrogen-bond acceptors (Lipinski definition) is 3. The Labute approximate surface area is 134 Å². The first-order valence-corrected chi connectivity index (χ1v) is 7.74. The van der Waals surface area contributed by atoms with Gasteiger partial charge in [-0.2, -0.15) is 0 Å². The molecule has 4 nitrogen and oxygen atoms in total. The second-order valence-corrected chi connectivity index (χ2v) is 5.58. The SMILES string of the molecule is O=C(c1cnc(-c2ccccc2)o1)N1CCCc2ccccc21. The van der Waals surface area contributed by atoms with Crippen molar-refractivity contribution in [1.82, 2.24) is 4.98 Å². The Kier molecular flexibility index (Phi) is 3.42. The Hall–Kier alpha value is -2.88. The normalized spacial score (nSPS) is 13.7. The number of anilines is 1.